The number of nitrogens with zero attached hydrogens (tertiary/aromatic N) is 8. The number of piperidine rings is 1. The van der Waals surface area contributed by atoms with Gasteiger partial charge in [0.15, 0.2) is 17.3 Å². The minimum atomic E-state index is -2.41. The summed E-state index contributed by atoms with van der Waals surface area (Å²) < 4.78 is 19.6. The smallest absolute Gasteiger partial charge is 0.278 e. The first-order valence-corrected chi connectivity index (χ1v) is 15.1. The maximum atomic E-state index is 13.2. The first kappa shape index (κ1) is 25.3. The molecule has 11 nitrogen and oxygen atoms in total. The second kappa shape index (κ2) is 9.62. The minimum Gasteiger partial charge on any atom is -0.368 e. The van der Waals surface area contributed by atoms with Crippen molar-refractivity contribution in [3.05, 3.63) is 71.7 Å². The first-order valence-electron chi connectivity index (χ1n) is 12.8. The van der Waals surface area contributed by atoms with E-state index in [1.165, 1.54) is 23.0 Å². The van der Waals surface area contributed by atoms with Gasteiger partial charge in [-0.1, -0.05) is 12.1 Å². The molecule has 2 bridgehead atoms. The molecule has 3 aliphatic heterocycles. The second-order valence-electron chi connectivity index (χ2n) is 10.3. The Bertz CT molecular complexity index is 1730. The maximum absolute atomic E-state index is 13.2. The van der Waals surface area contributed by atoms with E-state index >= 15 is 0 Å². The third kappa shape index (κ3) is 4.81. The summed E-state index contributed by atoms with van der Waals surface area (Å²) in [6, 6.07) is 14.7. The molecule has 3 aliphatic rings. The summed E-state index contributed by atoms with van der Waals surface area (Å²) in [6.45, 7) is 6.13. The van der Waals surface area contributed by atoms with Gasteiger partial charge in [0.1, 0.15) is 5.39 Å². The number of aromatic nitrogens is 5. The van der Waals surface area contributed by atoms with Gasteiger partial charge in [-0.05, 0) is 49.9 Å². The molecule has 0 amide bonds. The van der Waals surface area contributed by atoms with Gasteiger partial charge < -0.3 is 10.2 Å². The van der Waals surface area contributed by atoms with Gasteiger partial charge in [0, 0.05) is 65.0 Å². The lowest BCUT2D eigenvalue weighted by Crippen LogP contribution is -2.67. The number of benzene rings is 1. The molecule has 0 saturated carbocycles. The molecule has 7 rings (SSSR count). The molecular formula is C27H31N9O2S. The van der Waals surface area contributed by atoms with Crippen LogP contribution < -0.4 is 15.8 Å². The molecule has 3 aromatic heterocycles. The van der Waals surface area contributed by atoms with Gasteiger partial charge in [0.05, 0.1) is 6.54 Å². The first-order chi connectivity index (χ1) is 18.7. The highest BCUT2D eigenvalue weighted by atomic mass is 32.2. The second-order valence-corrected chi connectivity index (χ2v) is 12.9. The maximum Gasteiger partial charge on any atom is 0.278 e. The summed E-state index contributed by atoms with van der Waals surface area (Å²) in [6.07, 6.45) is 7.54. The van der Waals surface area contributed by atoms with Crippen LogP contribution in [0.3, 0.4) is 0 Å². The van der Waals surface area contributed by atoms with Gasteiger partial charge in [-0.25, -0.2) is 23.5 Å². The van der Waals surface area contributed by atoms with Crippen molar-refractivity contribution in [1.82, 2.24) is 29.2 Å². The Hall–Kier alpha value is -4.03. The van der Waals surface area contributed by atoms with Crippen molar-refractivity contribution >= 4 is 43.9 Å². The van der Waals surface area contributed by atoms with Gasteiger partial charge in [-0.15, -0.1) is 6.58 Å². The SMILES string of the molecule is C=CCn1c(=O)c2cnc(Nc3ccc(N4CC5CC(C4)N5C)cc3)nc2n1-c1cccc(N=S(C)(C)=O)n1. The molecule has 202 valence electrons. The lowest BCUT2D eigenvalue weighted by molar-refractivity contribution is 0.0264. The summed E-state index contributed by atoms with van der Waals surface area (Å²) in [5.41, 5.74) is 2.18. The summed E-state index contributed by atoms with van der Waals surface area (Å²) >= 11 is 0. The normalized spacial score (nSPS) is 19.1. The number of allylic oxidation sites excluding steroid dienone is 1. The third-order valence-electron chi connectivity index (χ3n) is 7.27. The molecule has 0 aliphatic carbocycles. The molecule has 0 radical (unpaired) electrons. The van der Waals surface area contributed by atoms with E-state index in [4.69, 9.17) is 4.98 Å². The van der Waals surface area contributed by atoms with Crippen LogP contribution in [0.15, 0.2) is 70.5 Å². The predicted octanol–water partition coefficient (Wildman–Crippen LogP) is 3.16. The van der Waals surface area contributed by atoms with Crippen LogP contribution >= 0.6 is 0 Å². The molecule has 0 spiro atoms. The standard InChI is InChI=1S/C27H31N9O2S/c1-5-13-35-26(37)22-15-28-27(31-25(22)36(35)24-8-6-7-23(30-24)32-39(3,4)38)29-18-9-11-19(12-10-18)34-16-20-14-21(17-34)33(20)2/h5-12,15,20-21H,1,13-14,16-17H2,2-4H3,(H,28,29,31). The Balaban J connectivity index is 1.33. The topological polar surface area (TPSA) is 114 Å². The fourth-order valence-corrected chi connectivity index (χ4v) is 5.86. The van der Waals surface area contributed by atoms with Gasteiger partial charge >= 0.3 is 0 Å². The molecule has 2 atom stereocenters. The quantitative estimate of drug-likeness (QED) is 0.353. The molecule has 3 fully saturated rings. The van der Waals surface area contributed by atoms with E-state index in [0.717, 1.165) is 18.8 Å². The van der Waals surface area contributed by atoms with Crippen LogP contribution in [0, 0.1) is 0 Å². The highest BCUT2D eigenvalue weighted by Gasteiger charge is 2.42. The fourth-order valence-electron chi connectivity index (χ4n) is 5.31. The summed E-state index contributed by atoms with van der Waals surface area (Å²) in [5.74, 6) is 1.09. The van der Waals surface area contributed by atoms with Gasteiger partial charge in [0.2, 0.25) is 5.95 Å². The number of fused-ring (bicyclic) bond motifs is 3. The highest BCUT2D eigenvalue weighted by molar-refractivity contribution is 7.92. The van der Waals surface area contributed by atoms with Crippen LogP contribution in [0.2, 0.25) is 0 Å². The Labute approximate surface area is 227 Å². The van der Waals surface area contributed by atoms with Crippen molar-refractivity contribution in [2.45, 2.75) is 25.0 Å². The molecule has 4 aromatic rings. The lowest BCUT2D eigenvalue weighted by Gasteiger charge is -2.55. The monoisotopic (exact) mass is 545 g/mol. The Morgan fingerprint density at radius 1 is 1.13 bits per heavy atom. The van der Waals surface area contributed by atoms with Crippen LogP contribution in [0.5, 0.6) is 0 Å². The van der Waals surface area contributed by atoms with E-state index in [9.17, 15) is 9.00 Å². The number of pyridine rings is 1. The average molecular weight is 546 g/mol. The third-order valence-corrected chi connectivity index (χ3v) is 7.90. The minimum absolute atomic E-state index is 0.245. The molecule has 39 heavy (non-hydrogen) atoms. The Morgan fingerprint density at radius 2 is 1.87 bits per heavy atom. The van der Waals surface area contributed by atoms with Crippen LogP contribution in [-0.2, 0) is 16.3 Å². The molecule has 1 N–H and O–H groups in total. The van der Waals surface area contributed by atoms with Crippen molar-refractivity contribution < 1.29 is 4.21 Å². The number of nitrogens with one attached hydrogen (secondary N) is 1. The molecule has 6 heterocycles. The van der Waals surface area contributed by atoms with Gasteiger partial charge in [-0.3, -0.25) is 9.69 Å². The van der Waals surface area contributed by atoms with E-state index in [-0.39, 0.29) is 12.1 Å². The van der Waals surface area contributed by atoms with Crippen molar-refractivity contribution in [3.63, 3.8) is 0 Å². The number of likely N-dealkylation sites (N-methyl/N-ethyl adjacent to an activating group) is 1. The number of hydrogen-bond donors (Lipinski definition) is 1. The van der Waals surface area contributed by atoms with Crippen LogP contribution in [0.1, 0.15) is 6.42 Å². The summed E-state index contributed by atoms with van der Waals surface area (Å²) in [5, 5.41) is 3.61. The number of hydrogen-bond acceptors (Lipinski definition) is 9. The number of anilines is 3. The van der Waals surface area contributed by atoms with Crippen molar-refractivity contribution in [2.24, 2.45) is 4.36 Å². The number of rotatable bonds is 7. The summed E-state index contributed by atoms with van der Waals surface area (Å²) in [7, 11) is -0.201. The van der Waals surface area contributed by atoms with Crippen LogP contribution in [0.4, 0.5) is 23.1 Å². The van der Waals surface area contributed by atoms with Gasteiger partial charge in [0.25, 0.3) is 5.56 Å². The van der Waals surface area contributed by atoms with Crippen molar-refractivity contribution in [3.8, 4) is 5.82 Å². The molecular weight excluding hydrogens is 514 g/mol. The van der Waals surface area contributed by atoms with E-state index in [1.54, 1.807) is 41.5 Å². The van der Waals surface area contributed by atoms with E-state index in [2.05, 4.69) is 55.2 Å². The zero-order valence-corrected chi connectivity index (χ0v) is 23.0. The Morgan fingerprint density at radius 3 is 2.54 bits per heavy atom. The lowest BCUT2D eigenvalue weighted by atomic mass is 9.88. The molecule has 1 aromatic carbocycles. The molecule has 3 saturated heterocycles. The molecule has 2 unspecified atom stereocenters. The van der Waals surface area contributed by atoms with Crippen LogP contribution in [-0.4, -0.2) is 78.2 Å². The average Bonchev–Trinajstić information content (AvgIpc) is 3.19. The van der Waals surface area contributed by atoms with Crippen molar-refractivity contribution in [2.75, 3.05) is 42.9 Å². The van der Waals surface area contributed by atoms with E-state index in [0.29, 0.717) is 40.7 Å². The van der Waals surface area contributed by atoms with Crippen LogP contribution in [0.25, 0.3) is 16.9 Å². The van der Waals surface area contributed by atoms with E-state index in [1.807, 2.05) is 12.1 Å². The fraction of sp³-hybridized carbons (Fsp3) is 0.333. The zero-order valence-electron chi connectivity index (χ0n) is 22.2. The summed E-state index contributed by atoms with van der Waals surface area (Å²) in [4.78, 5) is 31.8. The predicted molar refractivity (Wildman–Crippen MR) is 155 cm³/mol. The highest BCUT2D eigenvalue weighted by Crippen LogP contribution is 2.33. The largest absolute Gasteiger partial charge is 0.368 e. The molecule has 12 heteroatoms. The zero-order chi connectivity index (χ0) is 27.3. The number of piperazine rings is 1. The Kier molecular flexibility index (Phi) is 6.23. The van der Waals surface area contributed by atoms with Crippen molar-refractivity contribution in [1.29, 1.82) is 0 Å². The van der Waals surface area contributed by atoms with E-state index < -0.39 is 9.73 Å². The van der Waals surface area contributed by atoms with Gasteiger partial charge in [-0.2, -0.15) is 9.35 Å².